The summed E-state index contributed by atoms with van der Waals surface area (Å²) in [5, 5.41) is 9.41. The Morgan fingerprint density at radius 1 is 1.19 bits per heavy atom. The number of carboxylic acid groups (broad SMARTS) is 1. The summed E-state index contributed by atoms with van der Waals surface area (Å²) in [6, 6.07) is 7.62. The molecule has 5 nitrogen and oxygen atoms in total. The van der Waals surface area contributed by atoms with E-state index in [1.807, 2.05) is 44.0 Å². The highest BCUT2D eigenvalue weighted by molar-refractivity contribution is 5.95. The van der Waals surface area contributed by atoms with Crippen molar-refractivity contribution in [3.8, 4) is 0 Å². The van der Waals surface area contributed by atoms with Crippen LogP contribution in [0.1, 0.15) is 33.1 Å². The van der Waals surface area contributed by atoms with Crippen molar-refractivity contribution in [2.45, 2.75) is 27.3 Å². The van der Waals surface area contributed by atoms with Crippen molar-refractivity contribution in [2.75, 3.05) is 11.9 Å². The molecule has 2 heterocycles. The molecule has 5 heteroatoms. The Balaban J connectivity index is 2.39. The minimum absolute atomic E-state index is 0.246. The average Bonchev–Trinajstić information content (AvgIpc) is 2.37. The summed E-state index contributed by atoms with van der Waals surface area (Å²) in [5.41, 5.74) is 4.09. The molecule has 2 rings (SSSR count). The maximum Gasteiger partial charge on any atom is 0.339 e. The van der Waals surface area contributed by atoms with Gasteiger partial charge in [-0.25, -0.2) is 4.79 Å². The summed E-state index contributed by atoms with van der Waals surface area (Å²) in [6.45, 7) is 6.07. The van der Waals surface area contributed by atoms with Crippen LogP contribution in [0.2, 0.25) is 0 Å². The summed E-state index contributed by atoms with van der Waals surface area (Å²) >= 11 is 0. The highest BCUT2D eigenvalue weighted by Gasteiger charge is 2.18. The zero-order valence-electron chi connectivity index (χ0n) is 12.7. The second-order valence-electron chi connectivity index (χ2n) is 5.17. The van der Waals surface area contributed by atoms with Crippen molar-refractivity contribution in [1.82, 2.24) is 9.97 Å². The van der Waals surface area contributed by atoms with E-state index in [-0.39, 0.29) is 5.56 Å². The van der Waals surface area contributed by atoms with Crippen molar-refractivity contribution in [2.24, 2.45) is 0 Å². The normalized spacial score (nSPS) is 10.5. The predicted octanol–water partition coefficient (Wildman–Crippen LogP) is 2.74. The molecule has 21 heavy (non-hydrogen) atoms. The van der Waals surface area contributed by atoms with Crippen LogP contribution in [-0.2, 0) is 6.54 Å². The van der Waals surface area contributed by atoms with Gasteiger partial charge in [0.05, 0.1) is 23.6 Å². The lowest BCUT2D eigenvalue weighted by Gasteiger charge is -2.22. The Morgan fingerprint density at radius 2 is 1.90 bits per heavy atom. The zero-order chi connectivity index (χ0) is 15.6. The van der Waals surface area contributed by atoms with Crippen LogP contribution in [0.5, 0.6) is 0 Å². The van der Waals surface area contributed by atoms with E-state index >= 15 is 0 Å². The second kappa shape index (κ2) is 5.91. The van der Waals surface area contributed by atoms with Gasteiger partial charge in [-0.2, -0.15) is 0 Å². The molecule has 0 saturated carbocycles. The number of carbonyl (C=O) groups is 1. The minimum Gasteiger partial charge on any atom is -0.478 e. The van der Waals surface area contributed by atoms with Gasteiger partial charge in [-0.1, -0.05) is 6.07 Å². The van der Waals surface area contributed by atoms with Crippen LogP contribution in [0, 0.1) is 20.8 Å². The fourth-order valence-corrected chi connectivity index (χ4v) is 2.39. The molecule has 110 valence electrons. The van der Waals surface area contributed by atoms with E-state index in [0.717, 1.165) is 17.1 Å². The molecule has 1 N–H and O–H groups in total. The molecule has 0 bridgehead atoms. The van der Waals surface area contributed by atoms with E-state index in [9.17, 15) is 9.90 Å². The van der Waals surface area contributed by atoms with Gasteiger partial charge in [0.15, 0.2) is 0 Å². The molecule has 0 unspecified atom stereocenters. The monoisotopic (exact) mass is 285 g/mol. The summed E-state index contributed by atoms with van der Waals surface area (Å²) in [6.07, 6.45) is 0. The first-order valence-corrected chi connectivity index (χ1v) is 6.73. The maximum atomic E-state index is 11.5. The first kappa shape index (κ1) is 15.0. The van der Waals surface area contributed by atoms with Gasteiger partial charge in [-0.05, 0) is 39.0 Å². The van der Waals surface area contributed by atoms with Crippen molar-refractivity contribution < 1.29 is 9.90 Å². The van der Waals surface area contributed by atoms with Gasteiger partial charge in [0.25, 0.3) is 0 Å². The van der Waals surface area contributed by atoms with Crippen LogP contribution in [0.25, 0.3) is 0 Å². The second-order valence-corrected chi connectivity index (χ2v) is 5.17. The summed E-state index contributed by atoms with van der Waals surface area (Å²) in [5.74, 6) is -0.959. The number of pyridine rings is 2. The molecule has 0 aliphatic rings. The molecule has 2 aromatic heterocycles. The lowest BCUT2D eigenvalue weighted by molar-refractivity contribution is 0.0696. The molecule has 0 aliphatic carbocycles. The van der Waals surface area contributed by atoms with E-state index < -0.39 is 5.97 Å². The smallest absolute Gasteiger partial charge is 0.339 e. The Bertz CT molecular complexity index is 683. The fraction of sp³-hybridized carbons (Fsp3) is 0.312. The van der Waals surface area contributed by atoms with Gasteiger partial charge in [-0.3, -0.25) is 9.97 Å². The first-order chi connectivity index (χ1) is 9.88. The number of aromatic nitrogens is 2. The van der Waals surface area contributed by atoms with Crippen molar-refractivity contribution in [1.29, 1.82) is 0 Å². The number of hydrogen-bond acceptors (Lipinski definition) is 4. The molecular formula is C16H19N3O2. The molecule has 0 fully saturated rings. The molecule has 0 aromatic carbocycles. The van der Waals surface area contributed by atoms with E-state index in [1.165, 1.54) is 0 Å². The Hall–Kier alpha value is -2.43. The number of rotatable bonds is 4. The lowest BCUT2D eigenvalue weighted by Crippen LogP contribution is -2.21. The lowest BCUT2D eigenvalue weighted by atomic mass is 10.1. The minimum atomic E-state index is -0.959. The van der Waals surface area contributed by atoms with Crippen LogP contribution in [0.15, 0.2) is 24.3 Å². The standard InChI is InChI=1S/C16H19N3O2/c1-10-6-5-7-13(18-10)9-19(4)14-8-11(2)17-12(3)15(14)16(20)21/h5-8H,9H2,1-4H3,(H,20,21). The Morgan fingerprint density at radius 3 is 2.52 bits per heavy atom. The third-order valence-corrected chi connectivity index (χ3v) is 3.28. The van der Waals surface area contributed by atoms with Crippen LogP contribution in [-0.4, -0.2) is 28.1 Å². The number of nitrogens with zero attached hydrogens (tertiary/aromatic N) is 3. The van der Waals surface area contributed by atoms with E-state index in [1.54, 1.807) is 13.0 Å². The Labute approximate surface area is 124 Å². The third-order valence-electron chi connectivity index (χ3n) is 3.28. The van der Waals surface area contributed by atoms with Gasteiger partial charge in [0.2, 0.25) is 0 Å². The number of anilines is 1. The van der Waals surface area contributed by atoms with Gasteiger partial charge < -0.3 is 10.0 Å². The molecule has 0 saturated heterocycles. The maximum absolute atomic E-state index is 11.5. The van der Waals surface area contributed by atoms with Gasteiger partial charge in [-0.15, -0.1) is 0 Å². The van der Waals surface area contributed by atoms with Crippen LogP contribution in [0.3, 0.4) is 0 Å². The quantitative estimate of drug-likeness (QED) is 0.935. The molecule has 0 spiro atoms. The average molecular weight is 285 g/mol. The first-order valence-electron chi connectivity index (χ1n) is 6.73. The van der Waals surface area contributed by atoms with Crippen molar-refractivity contribution in [3.63, 3.8) is 0 Å². The van der Waals surface area contributed by atoms with E-state index in [2.05, 4.69) is 9.97 Å². The van der Waals surface area contributed by atoms with E-state index in [0.29, 0.717) is 17.9 Å². The molecular weight excluding hydrogens is 266 g/mol. The summed E-state index contributed by atoms with van der Waals surface area (Å²) < 4.78 is 0. The van der Waals surface area contributed by atoms with E-state index in [4.69, 9.17) is 0 Å². The largest absolute Gasteiger partial charge is 0.478 e. The van der Waals surface area contributed by atoms with Crippen LogP contribution in [0.4, 0.5) is 5.69 Å². The molecule has 0 radical (unpaired) electrons. The van der Waals surface area contributed by atoms with Gasteiger partial charge in [0.1, 0.15) is 5.56 Å². The number of aromatic carboxylic acids is 1. The van der Waals surface area contributed by atoms with Gasteiger partial charge >= 0.3 is 5.97 Å². The molecule has 0 amide bonds. The number of aryl methyl sites for hydroxylation is 3. The summed E-state index contributed by atoms with van der Waals surface area (Å²) in [4.78, 5) is 22.1. The fourth-order valence-electron chi connectivity index (χ4n) is 2.39. The topological polar surface area (TPSA) is 66.3 Å². The predicted molar refractivity (Wildman–Crippen MR) is 81.8 cm³/mol. The summed E-state index contributed by atoms with van der Waals surface area (Å²) in [7, 11) is 1.87. The third kappa shape index (κ3) is 3.37. The Kier molecular flexibility index (Phi) is 4.21. The van der Waals surface area contributed by atoms with Crippen LogP contribution >= 0.6 is 0 Å². The molecule has 0 aliphatic heterocycles. The SMILES string of the molecule is Cc1cccc(CN(C)c2cc(C)nc(C)c2C(=O)O)n1. The zero-order valence-corrected chi connectivity index (χ0v) is 12.7. The molecule has 2 aromatic rings. The van der Waals surface area contributed by atoms with Crippen molar-refractivity contribution >= 4 is 11.7 Å². The highest BCUT2D eigenvalue weighted by Crippen LogP contribution is 2.24. The number of hydrogen-bond donors (Lipinski definition) is 1. The molecule has 0 atom stereocenters. The highest BCUT2D eigenvalue weighted by atomic mass is 16.4. The van der Waals surface area contributed by atoms with Gasteiger partial charge in [0, 0.05) is 18.4 Å². The number of carboxylic acids is 1. The van der Waals surface area contributed by atoms with Crippen LogP contribution < -0.4 is 4.90 Å². The van der Waals surface area contributed by atoms with Crippen molar-refractivity contribution in [3.05, 3.63) is 52.6 Å².